The molecule has 4 rings (SSSR count). The average Bonchev–Trinajstić information content (AvgIpc) is 3.29. The van der Waals surface area contributed by atoms with Crippen LogP contribution in [0.2, 0.25) is 0 Å². The van der Waals surface area contributed by atoms with E-state index in [2.05, 4.69) is 5.32 Å². The van der Waals surface area contributed by atoms with Crippen LogP contribution < -0.4 is 14.8 Å². The molecule has 0 saturated carbocycles. The summed E-state index contributed by atoms with van der Waals surface area (Å²) >= 11 is 0. The summed E-state index contributed by atoms with van der Waals surface area (Å²) in [6, 6.07) is 14.7. The van der Waals surface area contributed by atoms with Gasteiger partial charge in [-0.3, -0.25) is 4.79 Å². The molecule has 0 bridgehead atoms. The molecule has 5 nitrogen and oxygen atoms in total. The summed E-state index contributed by atoms with van der Waals surface area (Å²) in [4.78, 5) is 12.2. The van der Waals surface area contributed by atoms with E-state index in [0.29, 0.717) is 29.4 Å². The van der Waals surface area contributed by atoms with Gasteiger partial charge in [0.15, 0.2) is 17.3 Å². The number of carbonyl (C=O) groups is 1. The number of rotatable bonds is 4. The monoisotopic (exact) mass is 339 g/mol. The molecular weight excluding hydrogens is 325 g/mol. The summed E-state index contributed by atoms with van der Waals surface area (Å²) in [5.41, 5.74) is 1.60. The predicted octanol–water partition coefficient (Wildman–Crippen LogP) is 3.74. The van der Waals surface area contributed by atoms with E-state index in [0.717, 1.165) is 5.56 Å². The number of hydrogen-bond acceptors (Lipinski definition) is 4. The van der Waals surface area contributed by atoms with E-state index in [1.54, 1.807) is 24.3 Å². The Morgan fingerprint density at radius 3 is 2.64 bits per heavy atom. The first-order valence-corrected chi connectivity index (χ1v) is 7.71. The van der Waals surface area contributed by atoms with Crippen LogP contribution in [-0.4, -0.2) is 12.7 Å². The lowest BCUT2D eigenvalue weighted by molar-refractivity contribution is 0.0924. The molecule has 1 aromatic heterocycles. The highest BCUT2D eigenvalue weighted by molar-refractivity contribution is 5.92. The smallest absolute Gasteiger partial charge is 0.287 e. The molecular formula is C19H14FNO4. The Balaban J connectivity index is 1.42. The summed E-state index contributed by atoms with van der Waals surface area (Å²) in [6.07, 6.45) is 0. The molecule has 0 unspecified atom stereocenters. The number of furan rings is 1. The van der Waals surface area contributed by atoms with Crippen molar-refractivity contribution >= 4 is 5.91 Å². The molecule has 0 atom stereocenters. The Hall–Kier alpha value is -3.28. The Labute approximate surface area is 143 Å². The Bertz CT molecular complexity index is 917. The highest BCUT2D eigenvalue weighted by Gasteiger charge is 2.15. The van der Waals surface area contributed by atoms with Crippen LogP contribution in [0.5, 0.6) is 11.5 Å². The minimum atomic E-state index is -0.328. The molecule has 0 spiro atoms. The van der Waals surface area contributed by atoms with Crippen LogP contribution in [0.25, 0.3) is 11.3 Å². The lowest BCUT2D eigenvalue weighted by atomic mass is 10.2. The highest BCUT2D eigenvalue weighted by atomic mass is 19.1. The van der Waals surface area contributed by atoms with Crippen molar-refractivity contribution in [3.8, 4) is 22.8 Å². The maximum atomic E-state index is 13.0. The van der Waals surface area contributed by atoms with E-state index < -0.39 is 0 Å². The number of ether oxygens (including phenoxy) is 2. The maximum absolute atomic E-state index is 13.0. The van der Waals surface area contributed by atoms with Crippen molar-refractivity contribution in [1.82, 2.24) is 5.32 Å². The first-order valence-electron chi connectivity index (χ1n) is 7.71. The van der Waals surface area contributed by atoms with E-state index in [4.69, 9.17) is 13.9 Å². The maximum Gasteiger partial charge on any atom is 0.287 e. The SMILES string of the molecule is O=C(NCc1ccc2c(c1)OCO2)c1ccc(-c2ccc(F)cc2)o1. The van der Waals surface area contributed by atoms with Gasteiger partial charge in [0.05, 0.1) is 0 Å². The zero-order valence-corrected chi connectivity index (χ0v) is 13.1. The number of amides is 1. The van der Waals surface area contributed by atoms with Crippen LogP contribution in [0, 0.1) is 5.82 Å². The highest BCUT2D eigenvalue weighted by Crippen LogP contribution is 2.32. The third-order valence-corrected chi connectivity index (χ3v) is 3.85. The quantitative estimate of drug-likeness (QED) is 0.786. The van der Waals surface area contributed by atoms with E-state index in [1.807, 2.05) is 18.2 Å². The van der Waals surface area contributed by atoms with Gasteiger partial charge in [-0.2, -0.15) is 0 Å². The summed E-state index contributed by atoms with van der Waals surface area (Å²) in [5, 5.41) is 2.79. The standard InChI is InChI=1S/C19H14FNO4/c20-14-4-2-13(3-5-14)15-7-8-17(25-15)19(22)21-10-12-1-6-16-18(9-12)24-11-23-16/h1-9H,10-11H2,(H,21,22). The number of fused-ring (bicyclic) bond motifs is 1. The fourth-order valence-electron chi connectivity index (χ4n) is 2.55. The van der Waals surface area contributed by atoms with Gasteiger partial charge >= 0.3 is 0 Å². The third-order valence-electron chi connectivity index (χ3n) is 3.85. The molecule has 6 heteroatoms. The lowest BCUT2D eigenvalue weighted by Crippen LogP contribution is -2.22. The topological polar surface area (TPSA) is 60.7 Å². The second kappa shape index (κ2) is 6.32. The molecule has 126 valence electrons. The molecule has 2 heterocycles. The molecule has 0 aliphatic carbocycles. The first kappa shape index (κ1) is 15.3. The van der Waals surface area contributed by atoms with Gasteiger partial charge in [-0.15, -0.1) is 0 Å². The zero-order valence-electron chi connectivity index (χ0n) is 13.1. The van der Waals surface area contributed by atoms with Crippen molar-refractivity contribution in [3.63, 3.8) is 0 Å². The van der Waals surface area contributed by atoms with Crippen molar-refractivity contribution in [2.45, 2.75) is 6.54 Å². The molecule has 1 aliphatic rings. The summed E-state index contributed by atoms with van der Waals surface area (Å²) < 4.78 is 29.1. The molecule has 2 aromatic carbocycles. The molecule has 1 N–H and O–H groups in total. The summed E-state index contributed by atoms with van der Waals surface area (Å²) in [6.45, 7) is 0.547. The van der Waals surface area contributed by atoms with Gasteiger partial charge in [0.2, 0.25) is 6.79 Å². The van der Waals surface area contributed by atoms with Crippen LogP contribution in [-0.2, 0) is 6.54 Å². The van der Waals surface area contributed by atoms with Crippen molar-refractivity contribution in [3.05, 3.63) is 71.7 Å². The van der Waals surface area contributed by atoms with E-state index in [9.17, 15) is 9.18 Å². The fraction of sp³-hybridized carbons (Fsp3) is 0.105. The van der Waals surface area contributed by atoms with Crippen LogP contribution in [0.3, 0.4) is 0 Å². The van der Waals surface area contributed by atoms with Crippen molar-refractivity contribution in [1.29, 1.82) is 0 Å². The fourth-order valence-corrected chi connectivity index (χ4v) is 2.55. The van der Waals surface area contributed by atoms with Crippen LogP contribution in [0.1, 0.15) is 16.1 Å². The summed E-state index contributed by atoms with van der Waals surface area (Å²) in [5.74, 6) is 1.42. The number of hydrogen-bond donors (Lipinski definition) is 1. The van der Waals surface area contributed by atoms with Crippen LogP contribution >= 0.6 is 0 Å². The van der Waals surface area contributed by atoms with Gasteiger partial charge < -0.3 is 19.2 Å². The molecule has 3 aromatic rings. The number of nitrogens with one attached hydrogen (secondary N) is 1. The van der Waals surface area contributed by atoms with Gasteiger partial charge in [-0.05, 0) is 54.1 Å². The van der Waals surface area contributed by atoms with Crippen molar-refractivity contribution < 1.29 is 23.1 Å². The van der Waals surface area contributed by atoms with Gasteiger partial charge in [0, 0.05) is 12.1 Å². The van der Waals surface area contributed by atoms with Crippen LogP contribution in [0.4, 0.5) is 4.39 Å². The molecule has 25 heavy (non-hydrogen) atoms. The van der Waals surface area contributed by atoms with Crippen molar-refractivity contribution in [2.75, 3.05) is 6.79 Å². The minimum absolute atomic E-state index is 0.195. The molecule has 1 amide bonds. The van der Waals surface area contributed by atoms with E-state index >= 15 is 0 Å². The molecule has 0 radical (unpaired) electrons. The largest absolute Gasteiger partial charge is 0.454 e. The van der Waals surface area contributed by atoms with Gasteiger partial charge in [0.1, 0.15) is 11.6 Å². The Morgan fingerprint density at radius 1 is 1.00 bits per heavy atom. The predicted molar refractivity (Wildman–Crippen MR) is 87.8 cm³/mol. The number of benzene rings is 2. The van der Waals surface area contributed by atoms with Gasteiger partial charge in [-0.1, -0.05) is 6.07 Å². The Morgan fingerprint density at radius 2 is 1.80 bits per heavy atom. The Kier molecular flexibility index (Phi) is 3.85. The second-order valence-electron chi connectivity index (χ2n) is 5.54. The van der Waals surface area contributed by atoms with Gasteiger partial charge in [-0.25, -0.2) is 4.39 Å². The molecule has 0 saturated heterocycles. The summed E-state index contributed by atoms with van der Waals surface area (Å²) in [7, 11) is 0. The first-order chi connectivity index (χ1) is 12.2. The third kappa shape index (κ3) is 3.19. The van der Waals surface area contributed by atoms with Crippen LogP contribution in [0.15, 0.2) is 59.0 Å². The average molecular weight is 339 g/mol. The molecule has 1 aliphatic heterocycles. The van der Waals surface area contributed by atoms with Crippen molar-refractivity contribution in [2.24, 2.45) is 0 Å². The zero-order chi connectivity index (χ0) is 17.2. The number of carbonyl (C=O) groups excluding carboxylic acids is 1. The second-order valence-corrected chi connectivity index (χ2v) is 5.54. The lowest BCUT2D eigenvalue weighted by Gasteiger charge is -2.05. The number of halogens is 1. The molecule has 0 fully saturated rings. The minimum Gasteiger partial charge on any atom is -0.454 e. The normalized spacial score (nSPS) is 12.2. The van der Waals surface area contributed by atoms with E-state index in [1.165, 1.54) is 12.1 Å². The van der Waals surface area contributed by atoms with E-state index in [-0.39, 0.29) is 24.3 Å². The van der Waals surface area contributed by atoms with Gasteiger partial charge in [0.25, 0.3) is 5.91 Å².